The number of likely N-dealkylation sites (tertiary alicyclic amines) is 1. The molecule has 3 nitrogen and oxygen atoms in total. The third kappa shape index (κ3) is 1.69. The topological polar surface area (TPSA) is 46.3 Å². The highest BCUT2D eigenvalue weighted by atomic mass is 16.2. The van der Waals surface area contributed by atoms with Crippen molar-refractivity contribution in [1.29, 1.82) is 0 Å². The van der Waals surface area contributed by atoms with Gasteiger partial charge in [-0.1, -0.05) is 18.2 Å². The summed E-state index contributed by atoms with van der Waals surface area (Å²) in [5, 5.41) is 0. The van der Waals surface area contributed by atoms with Crippen LogP contribution < -0.4 is 5.73 Å². The number of β-lactam (4-membered cyclic amide) rings is 1. The smallest absolute Gasteiger partial charge is 0.230 e. The van der Waals surface area contributed by atoms with E-state index < -0.39 is 0 Å². The van der Waals surface area contributed by atoms with Gasteiger partial charge in [0.1, 0.15) is 0 Å². The number of para-hydroxylation sites is 1. The molecule has 0 bridgehead atoms. The molecular weight excluding hydrogens is 188 g/mol. The standard InChI is InChI=1S/C12H16N2O/c1-12(2)8-14(11(12)15)7-9-5-3-4-6-10(9)13/h3-6H,7-8,13H2,1-2H3. The highest BCUT2D eigenvalue weighted by Crippen LogP contribution is 2.32. The first-order chi connectivity index (χ1) is 7.00. The summed E-state index contributed by atoms with van der Waals surface area (Å²) < 4.78 is 0. The van der Waals surface area contributed by atoms with E-state index in [-0.39, 0.29) is 11.3 Å². The molecule has 80 valence electrons. The van der Waals surface area contributed by atoms with Gasteiger partial charge in [-0.2, -0.15) is 0 Å². The van der Waals surface area contributed by atoms with E-state index in [9.17, 15) is 4.79 Å². The normalized spacial score (nSPS) is 18.8. The number of benzene rings is 1. The van der Waals surface area contributed by atoms with E-state index in [0.29, 0.717) is 6.54 Å². The van der Waals surface area contributed by atoms with Crippen LogP contribution in [0.25, 0.3) is 0 Å². The van der Waals surface area contributed by atoms with E-state index in [4.69, 9.17) is 5.73 Å². The monoisotopic (exact) mass is 204 g/mol. The lowest BCUT2D eigenvalue weighted by Gasteiger charge is -2.44. The van der Waals surface area contributed by atoms with Gasteiger partial charge in [-0.15, -0.1) is 0 Å². The summed E-state index contributed by atoms with van der Waals surface area (Å²) in [4.78, 5) is 13.5. The number of carbonyl (C=O) groups excluding carboxylic acids is 1. The minimum absolute atomic E-state index is 0.177. The molecule has 0 aromatic heterocycles. The van der Waals surface area contributed by atoms with E-state index in [0.717, 1.165) is 17.8 Å². The van der Waals surface area contributed by atoms with E-state index in [1.807, 2.05) is 43.0 Å². The van der Waals surface area contributed by atoms with Gasteiger partial charge in [0.2, 0.25) is 5.91 Å². The molecule has 1 aromatic rings. The van der Waals surface area contributed by atoms with Crippen molar-refractivity contribution in [2.45, 2.75) is 20.4 Å². The maximum atomic E-state index is 11.7. The molecule has 2 N–H and O–H groups in total. The Labute approximate surface area is 89.9 Å². The van der Waals surface area contributed by atoms with Crippen LogP contribution in [-0.4, -0.2) is 17.4 Å². The number of nitrogens with zero attached hydrogens (tertiary/aromatic N) is 1. The quantitative estimate of drug-likeness (QED) is 0.588. The van der Waals surface area contributed by atoms with Gasteiger partial charge < -0.3 is 10.6 Å². The Hall–Kier alpha value is -1.51. The van der Waals surface area contributed by atoms with Crippen LogP contribution >= 0.6 is 0 Å². The Morgan fingerprint density at radius 3 is 2.60 bits per heavy atom. The molecule has 1 saturated heterocycles. The number of nitrogens with two attached hydrogens (primary N) is 1. The van der Waals surface area contributed by atoms with E-state index in [2.05, 4.69) is 0 Å². The third-order valence-electron chi connectivity index (χ3n) is 2.87. The molecule has 1 fully saturated rings. The first-order valence-electron chi connectivity index (χ1n) is 5.13. The van der Waals surface area contributed by atoms with Crippen LogP contribution in [-0.2, 0) is 11.3 Å². The Kier molecular flexibility index (Phi) is 2.18. The van der Waals surface area contributed by atoms with Crippen LogP contribution in [0.4, 0.5) is 5.69 Å². The van der Waals surface area contributed by atoms with E-state index in [1.54, 1.807) is 0 Å². The van der Waals surface area contributed by atoms with Crippen LogP contribution in [0.5, 0.6) is 0 Å². The van der Waals surface area contributed by atoms with Crippen molar-refractivity contribution in [3.8, 4) is 0 Å². The lowest BCUT2D eigenvalue weighted by molar-refractivity contribution is -0.157. The molecule has 0 unspecified atom stereocenters. The molecule has 15 heavy (non-hydrogen) atoms. The Morgan fingerprint density at radius 1 is 1.40 bits per heavy atom. The summed E-state index contributed by atoms with van der Waals surface area (Å²) in [5.74, 6) is 0.214. The van der Waals surface area contributed by atoms with Gasteiger partial charge in [0.25, 0.3) is 0 Å². The number of rotatable bonds is 2. The van der Waals surface area contributed by atoms with Gasteiger partial charge in [-0.05, 0) is 25.5 Å². The summed E-state index contributed by atoms with van der Waals surface area (Å²) >= 11 is 0. The minimum atomic E-state index is -0.177. The molecule has 1 aliphatic rings. The van der Waals surface area contributed by atoms with Crippen LogP contribution in [0.3, 0.4) is 0 Å². The molecule has 1 amide bonds. The number of hydrogen-bond donors (Lipinski definition) is 1. The van der Waals surface area contributed by atoms with Gasteiger partial charge >= 0.3 is 0 Å². The average Bonchev–Trinajstić information content (AvgIpc) is 2.20. The SMILES string of the molecule is CC1(C)CN(Cc2ccccc2N)C1=O. The lowest BCUT2D eigenvalue weighted by atomic mass is 9.83. The molecule has 2 rings (SSSR count). The van der Waals surface area contributed by atoms with Crippen LogP contribution in [0, 0.1) is 5.41 Å². The van der Waals surface area contributed by atoms with Crippen molar-refractivity contribution in [2.75, 3.05) is 12.3 Å². The largest absolute Gasteiger partial charge is 0.398 e. The second-order valence-electron chi connectivity index (χ2n) is 4.74. The molecule has 1 aliphatic heterocycles. The summed E-state index contributed by atoms with van der Waals surface area (Å²) in [6.45, 7) is 5.40. The Bertz CT molecular complexity index is 398. The predicted molar refractivity (Wildman–Crippen MR) is 60.1 cm³/mol. The fourth-order valence-electron chi connectivity index (χ4n) is 1.96. The van der Waals surface area contributed by atoms with Gasteiger partial charge in [0.05, 0.1) is 5.41 Å². The van der Waals surface area contributed by atoms with Gasteiger partial charge in [0, 0.05) is 18.8 Å². The van der Waals surface area contributed by atoms with E-state index >= 15 is 0 Å². The maximum absolute atomic E-state index is 11.7. The number of amides is 1. The highest BCUT2D eigenvalue weighted by Gasteiger charge is 2.43. The molecule has 0 saturated carbocycles. The van der Waals surface area contributed by atoms with Crippen LogP contribution in [0.1, 0.15) is 19.4 Å². The summed E-state index contributed by atoms with van der Waals surface area (Å²) in [5.41, 5.74) is 7.43. The number of anilines is 1. The van der Waals surface area contributed by atoms with Gasteiger partial charge in [-0.25, -0.2) is 0 Å². The predicted octanol–water partition coefficient (Wildman–Crippen LogP) is 1.64. The second-order valence-corrected chi connectivity index (χ2v) is 4.74. The van der Waals surface area contributed by atoms with Crippen molar-refractivity contribution in [1.82, 2.24) is 4.90 Å². The molecular formula is C12H16N2O. The summed E-state index contributed by atoms with van der Waals surface area (Å²) in [6, 6.07) is 7.68. The van der Waals surface area contributed by atoms with Crippen molar-refractivity contribution >= 4 is 11.6 Å². The first kappa shape index (κ1) is 10.0. The van der Waals surface area contributed by atoms with Gasteiger partial charge in [0.15, 0.2) is 0 Å². The second kappa shape index (κ2) is 3.26. The number of hydrogen-bond acceptors (Lipinski definition) is 2. The third-order valence-corrected chi connectivity index (χ3v) is 2.87. The zero-order valence-corrected chi connectivity index (χ0v) is 9.16. The minimum Gasteiger partial charge on any atom is -0.398 e. The van der Waals surface area contributed by atoms with Crippen LogP contribution in [0.2, 0.25) is 0 Å². The number of carbonyl (C=O) groups is 1. The molecule has 3 heteroatoms. The molecule has 1 aromatic carbocycles. The fourth-order valence-corrected chi connectivity index (χ4v) is 1.96. The highest BCUT2D eigenvalue weighted by molar-refractivity contribution is 5.88. The molecule has 1 heterocycles. The van der Waals surface area contributed by atoms with Crippen molar-refractivity contribution < 1.29 is 4.79 Å². The lowest BCUT2D eigenvalue weighted by Crippen LogP contribution is -2.57. The average molecular weight is 204 g/mol. The Balaban J connectivity index is 2.07. The van der Waals surface area contributed by atoms with Gasteiger partial charge in [-0.3, -0.25) is 4.79 Å². The maximum Gasteiger partial charge on any atom is 0.230 e. The molecule has 0 spiro atoms. The molecule has 0 atom stereocenters. The van der Waals surface area contributed by atoms with Crippen molar-refractivity contribution in [3.05, 3.63) is 29.8 Å². The van der Waals surface area contributed by atoms with Crippen molar-refractivity contribution in [2.24, 2.45) is 5.41 Å². The molecule has 0 aliphatic carbocycles. The summed E-state index contributed by atoms with van der Waals surface area (Å²) in [6.07, 6.45) is 0. The fraction of sp³-hybridized carbons (Fsp3) is 0.417. The van der Waals surface area contributed by atoms with E-state index in [1.165, 1.54) is 0 Å². The molecule has 0 radical (unpaired) electrons. The summed E-state index contributed by atoms with van der Waals surface area (Å²) in [7, 11) is 0. The Morgan fingerprint density at radius 2 is 2.07 bits per heavy atom. The van der Waals surface area contributed by atoms with Crippen molar-refractivity contribution in [3.63, 3.8) is 0 Å². The first-order valence-corrected chi connectivity index (χ1v) is 5.13. The zero-order valence-electron chi connectivity index (χ0n) is 9.16. The number of nitrogen functional groups attached to an aromatic ring is 1. The van der Waals surface area contributed by atoms with Crippen LogP contribution in [0.15, 0.2) is 24.3 Å². The zero-order chi connectivity index (χ0) is 11.1.